The Labute approximate surface area is 128 Å². The minimum Gasteiger partial charge on any atom is -0.395 e. The molecule has 1 aliphatic rings. The van der Waals surface area contributed by atoms with Crippen LogP contribution in [0.25, 0.3) is 0 Å². The molecule has 0 saturated carbocycles. The van der Waals surface area contributed by atoms with Gasteiger partial charge in [0.25, 0.3) is 0 Å². The third-order valence-corrected chi connectivity index (χ3v) is 4.20. The molecule has 1 fully saturated rings. The second-order valence-electron chi connectivity index (χ2n) is 5.51. The van der Waals surface area contributed by atoms with Gasteiger partial charge in [0, 0.05) is 11.1 Å². The number of piperidine rings is 1. The molecule has 4 nitrogen and oxygen atoms in total. The van der Waals surface area contributed by atoms with Gasteiger partial charge in [-0.15, -0.1) is 0 Å². The van der Waals surface area contributed by atoms with Crippen molar-refractivity contribution < 1.29 is 14.3 Å². The Bertz CT molecular complexity index is 512. The van der Waals surface area contributed by atoms with E-state index in [9.17, 15) is 14.3 Å². The van der Waals surface area contributed by atoms with Gasteiger partial charge in [-0.3, -0.25) is 9.69 Å². The maximum absolute atomic E-state index is 13.6. The lowest BCUT2D eigenvalue weighted by molar-refractivity contribution is -0.118. The van der Waals surface area contributed by atoms with Gasteiger partial charge in [-0.1, -0.05) is 18.5 Å². The number of amides is 1. The highest BCUT2D eigenvalue weighted by Crippen LogP contribution is 2.23. The topological polar surface area (TPSA) is 52.6 Å². The van der Waals surface area contributed by atoms with E-state index >= 15 is 0 Å². The van der Waals surface area contributed by atoms with E-state index in [4.69, 9.17) is 11.6 Å². The van der Waals surface area contributed by atoms with E-state index in [2.05, 4.69) is 12.2 Å². The van der Waals surface area contributed by atoms with Crippen LogP contribution in [0, 0.1) is 11.7 Å². The molecule has 21 heavy (non-hydrogen) atoms. The quantitative estimate of drug-likeness (QED) is 0.898. The van der Waals surface area contributed by atoms with Crippen LogP contribution >= 0.6 is 11.6 Å². The number of hydrogen-bond donors (Lipinski definition) is 2. The molecule has 2 rings (SSSR count). The molecule has 1 amide bonds. The lowest BCUT2D eigenvalue weighted by Crippen LogP contribution is -2.49. The molecule has 2 atom stereocenters. The highest BCUT2D eigenvalue weighted by Gasteiger charge is 2.29. The summed E-state index contributed by atoms with van der Waals surface area (Å²) in [6.45, 7) is 3.00. The predicted molar refractivity (Wildman–Crippen MR) is 80.9 cm³/mol. The molecule has 6 heteroatoms. The first-order valence-corrected chi connectivity index (χ1v) is 7.49. The van der Waals surface area contributed by atoms with Gasteiger partial charge in [0.2, 0.25) is 5.91 Å². The second kappa shape index (κ2) is 7.20. The maximum atomic E-state index is 13.6. The lowest BCUT2D eigenvalue weighted by Gasteiger charge is -2.38. The number of carbonyl (C=O) groups is 1. The van der Waals surface area contributed by atoms with Crippen LogP contribution in [0.3, 0.4) is 0 Å². The van der Waals surface area contributed by atoms with Crippen molar-refractivity contribution in [3.8, 4) is 0 Å². The number of rotatable bonds is 4. The number of aliphatic hydroxyl groups is 1. The average Bonchev–Trinajstić information content (AvgIpc) is 2.43. The number of nitrogens with one attached hydrogen (secondary N) is 1. The Kier molecular flexibility index (Phi) is 5.56. The fraction of sp³-hybridized carbons (Fsp3) is 0.533. The van der Waals surface area contributed by atoms with Gasteiger partial charge in [0.05, 0.1) is 18.8 Å². The monoisotopic (exact) mass is 314 g/mol. The maximum Gasteiger partial charge on any atom is 0.238 e. The largest absolute Gasteiger partial charge is 0.395 e. The summed E-state index contributed by atoms with van der Waals surface area (Å²) in [5, 5.41) is 12.4. The van der Waals surface area contributed by atoms with Gasteiger partial charge in [-0.2, -0.15) is 0 Å². The van der Waals surface area contributed by atoms with Crippen molar-refractivity contribution in [3.05, 3.63) is 29.0 Å². The van der Waals surface area contributed by atoms with Crippen LogP contribution in [-0.2, 0) is 4.79 Å². The van der Waals surface area contributed by atoms with E-state index in [-0.39, 0.29) is 30.8 Å². The number of hydrogen-bond acceptors (Lipinski definition) is 3. The third kappa shape index (κ3) is 4.15. The first-order chi connectivity index (χ1) is 10.0. The van der Waals surface area contributed by atoms with E-state index in [1.807, 2.05) is 4.90 Å². The van der Waals surface area contributed by atoms with Gasteiger partial charge in [-0.05, 0) is 43.5 Å². The van der Waals surface area contributed by atoms with Crippen molar-refractivity contribution in [1.82, 2.24) is 4.90 Å². The van der Waals surface area contributed by atoms with Crippen LogP contribution in [0.4, 0.5) is 10.1 Å². The van der Waals surface area contributed by atoms with E-state index in [0.29, 0.717) is 10.9 Å². The van der Waals surface area contributed by atoms with Crippen LogP contribution in [0.5, 0.6) is 0 Å². The van der Waals surface area contributed by atoms with Crippen molar-refractivity contribution in [1.29, 1.82) is 0 Å². The third-order valence-electron chi connectivity index (χ3n) is 3.97. The molecular weight excluding hydrogens is 295 g/mol. The normalized spacial score (nSPS) is 23.0. The van der Waals surface area contributed by atoms with Gasteiger partial charge >= 0.3 is 0 Å². The number of anilines is 1. The predicted octanol–water partition coefficient (Wildman–Crippen LogP) is 2.51. The molecule has 0 aliphatic carbocycles. The first-order valence-electron chi connectivity index (χ1n) is 7.11. The second-order valence-corrected chi connectivity index (χ2v) is 5.95. The smallest absolute Gasteiger partial charge is 0.238 e. The van der Waals surface area contributed by atoms with Crippen molar-refractivity contribution >= 4 is 23.2 Å². The van der Waals surface area contributed by atoms with Gasteiger partial charge in [0.15, 0.2) is 0 Å². The Morgan fingerprint density at radius 2 is 2.33 bits per heavy atom. The highest BCUT2D eigenvalue weighted by atomic mass is 35.5. The Hall–Kier alpha value is -1.17. The number of aliphatic hydroxyl groups excluding tert-OH is 1. The van der Waals surface area contributed by atoms with Crippen molar-refractivity contribution in [2.24, 2.45) is 5.92 Å². The van der Waals surface area contributed by atoms with Gasteiger partial charge in [-0.25, -0.2) is 4.39 Å². The first kappa shape index (κ1) is 16.2. The highest BCUT2D eigenvalue weighted by molar-refractivity contribution is 6.30. The van der Waals surface area contributed by atoms with Crippen molar-refractivity contribution in [3.63, 3.8) is 0 Å². The fourth-order valence-electron chi connectivity index (χ4n) is 2.79. The molecule has 0 bridgehead atoms. The Balaban J connectivity index is 1.99. The van der Waals surface area contributed by atoms with E-state index in [1.54, 1.807) is 0 Å². The number of nitrogens with zero attached hydrogens (tertiary/aromatic N) is 1. The zero-order valence-corrected chi connectivity index (χ0v) is 12.7. The number of carbonyl (C=O) groups excluding carboxylic acids is 1. The molecular formula is C15H20ClFN2O2. The van der Waals surface area contributed by atoms with Crippen LogP contribution in [0.15, 0.2) is 18.2 Å². The SMILES string of the molecule is CC1CCCN(CC(=O)Nc2cc(Cl)ccc2F)C1CO. The molecule has 1 saturated heterocycles. The molecule has 1 aromatic carbocycles. The molecule has 2 unspecified atom stereocenters. The fourth-order valence-corrected chi connectivity index (χ4v) is 2.97. The number of halogens is 2. The summed E-state index contributed by atoms with van der Waals surface area (Å²) < 4.78 is 13.6. The molecule has 0 radical (unpaired) electrons. The Morgan fingerprint density at radius 1 is 1.57 bits per heavy atom. The molecule has 0 spiro atoms. The van der Waals surface area contributed by atoms with E-state index in [1.165, 1.54) is 18.2 Å². The summed E-state index contributed by atoms with van der Waals surface area (Å²) in [6, 6.07) is 4.02. The average molecular weight is 315 g/mol. The van der Waals surface area contributed by atoms with E-state index in [0.717, 1.165) is 19.4 Å². The van der Waals surface area contributed by atoms with Gasteiger partial charge < -0.3 is 10.4 Å². The number of likely N-dealkylation sites (tertiary alicyclic amines) is 1. The van der Waals surface area contributed by atoms with Crippen molar-refractivity contribution in [2.75, 3.05) is 25.0 Å². The number of benzene rings is 1. The molecule has 2 N–H and O–H groups in total. The summed E-state index contributed by atoms with van der Waals surface area (Å²) in [5.41, 5.74) is 0.0816. The Morgan fingerprint density at radius 3 is 3.05 bits per heavy atom. The molecule has 0 aromatic heterocycles. The molecule has 1 aliphatic heterocycles. The summed E-state index contributed by atoms with van der Waals surface area (Å²) in [4.78, 5) is 14.0. The van der Waals surface area contributed by atoms with Crippen LogP contribution in [-0.4, -0.2) is 41.7 Å². The summed E-state index contributed by atoms with van der Waals surface area (Å²) in [7, 11) is 0. The zero-order chi connectivity index (χ0) is 15.4. The zero-order valence-electron chi connectivity index (χ0n) is 12.0. The van der Waals surface area contributed by atoms with Crippen molar-refractivity contribution in [2.45, 2.75) is 25.8 Å². The van der Waals surface area contributed by atoms with Crippen LogP contribution in [0.1, 0.15) is 19.8 Å². The van der Waals surface area contributed by atoms with Crippen LogP contribution in [0.2, 0.25) is 5.02 Å². The summed E-state index contributed by atoms with van der Waals surface area (Å²) >= 11 is 5.80. The molecule has 116 valence electrons. The van der Waals surface area contributed by atoms with E-state index < -0.39 is 5.82 Å². The molecule has 1 aromatic rings. The summed E-state index contributed by atoms with van der Waals surface area (Å²) in [6.07, 6.45) is 2.04. The lowest BCUT2D eigenvalue weighted by atomic mass is 9.91. The summed E-state index contributed by atoms with van der Waals surface area (Å²) in [5.74, 6) is -0.471. The van der Waals surface area contributed by atoms with Gasteiger partial charge in [0.1, 0.15) is 5.82 Å². The molecule has 1 heterocycles. The van der Waals surface area contributed by atoms with Crippen LogP contribution < -0.4 is 5.32 Å². The minimum atomic E-state index is -0.515. The minimum absolute atomic E-state index is 0.0197. The standard InChI is InChI=1S/C15H20ClFN2O2/c1-10-3-2-6-19(14(10)9-20)8-15(21)18-13-7-11(16)4-5-12(13)17/h4-5,7,10,14,20H,2-3,6,8-9H2,1H3,(H,18,21).